The van der Waals surface area contributed by atoms with Crippen molar-refractivity contribution in [1.29, 1.82) is 0 Å². The van der Waals surface area contributed by atoms with Crippen molar-refractivity contribution in [3.63, 3.8) is 0 Å². The fourth-order valence-corrected chi connectivity index (χ4v) is 1.68. The van der Waals surface area contributed by atoms with Crippen molar-refractivity contribution in [2.45, 2.75) is 13.0 Å². The lowest BCUT2D eigenvalue weighted by Gasteiger charge is -2.07. The van der Waals surface area contributed by atoms with Crippen molar-refractivity contribution in [3.05, 3.63) is 42.2 Å². The third-order valence-corrected chi connectivity index (χ3v) is 2.92. The minimum atomic E-state index is -1.02. The number of hydrogen-bond donors (Lipinski definition) is 2. The van der Waals surface area contributed by atoms with E-state index in [1.165, 1.54) is 31.0 Å². The van der Waals surface area contributed by atoms with Gasteiger partial charge in [-0.3, -0.25) is 9.48 Å². The summed E-state index contributed by atoms with van der Waals surface area (Å²) < 4.78 is 6.29. The molecule has 0 radical (unpaired) electrons. The van der Waals surface area contributed by atoms with Gasteiger partial charge in [0, 0.05) is 18.0 Å². The van der Waals surface area contributed by atoms with Gasteiger partial charge >= 0.3 is 5.97 Å². The smallest absolute Gasteiger partial charge is 0.328 e. The first-order valence-electron chi connectivity index (χ1n) is 6.24. The maximum Gasteiger partial charge on any atom is 0.328 e. The van der Waals surface area contributed by atoms with Crippen molar-refractivity contribution in [2.75, 3.05) is 12.4 Å². The number of rotatable bonds is 5. The Kier molecular flexibility index (Phi) is 4.22. The molecule has 7 heteroatoms. The molecule has 0 saturated heterocycles. The first-order chi connectivity index (χ1) is 10.0. The molecule has 1 unspecified atom stereocenters. The van der Waals surface area contributed by atoms with Gasteiger partial charge in [-0.25, -0.2) is 4.79 Å². The van der Waals surface area contributed by atoms with E-state index >= 15 is 0 Å². The van der Waals surface area contributed by atoms with Crippen LogP contribution in [-0.4, -0.2) is 33.9 Å². The van der Waals surface area contributed by atoms with E-state index < -0.39 is 17.9 Å². The Labute approximate surface area is 121 Å². The summed E-state index contributed by atoms with van der Waals surface area (Å²) in [4.78, 5) is 22.9. The van der Waals surface area contributed by atoms with Crippen molar-refractivity contribution < 1.29 is 19.4 Å². The lowest BCUT2D eigenvalue weighted by molar-refractivity contribution is -0.140. The molecule has 1 amide bonds. The first-order valence-corrected chi connectivity index (χ1v) is 6.24. The van der Waals surface area contributed by atoms with Gasteiger partial charge in [0.05, 0.1) is 7.11 Å². The molecule has 1 aromatic heterocycles. The summed E-state index contributed by atoms with van der Waals surface area (Å²) in [5.41, 5.74) is 0.714. The van der Waals surface area contributed by atoms with Crippen molar-refractivity contribution in [1.82, 2.24) is 9.78 Å². The number of nitrogens with zero attached hydrogens (tertiary/aromatic N) is 2. The average Bonchev–Trinajstić information content (AvgIpc) is 2.96. The van der Waals surface area contributed by atoms with Gasteiger partial charge in [-0.2, -0.15) is 5.10 Å². The number of aliphatic carboxylic acids is 1. The Morgan fingerprint density at radius 3 is 2.81 bits per heavy atom. The molecule has 0 aliphatic heterocycles. The zero-order valence-electron chi connectivity index (χ0n) is 11.6. The van der Waals surface area contributed by atoms with Gasteiger partial charge in [0.15, 0.2) is 5.69 Å². The van der Waals surface area contributed by atoms with Gasteiger partial charge in [0.2, 0.25) is 0 Å². The highest BCUT2D eigenvalue weighted by Crippen LogP contribution is 2.17. The Morgan fingerprint density at radius 2 is 2.14 bits per heavy atom. The summed E-state index contributed by atoms with van der Waals surface area (Å²) >= 11 is 0. The standard InChI is InChI=1S/C14H15N3O4/c1-9(14(19)20)17-7-6-12(16-17)13(18)15-10-4-3-5-11(8-10)21-2/h3-9H,1-2H3,(H,15,18)(H,19,20). The van der Waals surface area contributed by atoms with Gasteiger partial charge in [0.25, 0.3) is 5.91 Å². The molecule has 0 saturated carbocycles. The van der Waals surface area contributed by atoms with Crippen LogP contribution < -0.4 is 10.1 Å². The van der Waals surface area contributed by atoms with Crippen molar-refractivity contribution >= 4 is 17.6 Å². The van der Waals surface area contributed by atoms with Crippen LogP contribution in [0.5, 0.6) is 5.75 Å². The van der Waals surface area contributed by atoms with Crippen LogP contribution in [0.15, 0.2) is 36.5 Å². The summed E-state index contributed by atoms with van der Waals surface area (Å²) in [7, 11) is 1.54. The van der Waals surface area contributed by atoms with E-state index in [9.17, 15) is 9.59 Å². The number of carbonyl (C=O) groups excluding carboxylic acids is 1. The molecule has 1 heterocycles. The Hall–Kier alpha value is -2.83. The number of carbonyl (C=O) groups is 2. The van der Waals surface area contributed by atoms with Gasteiger partial charge in [-0.15, -0.1) is 0 Å². The van der Waals surface area contributed by atoms with E-state index in [1.807, 2.05) is 0 Å². The molecule has 0 aliphatic rings. The normalized spacial score (nSPS) is 11.7. The van der Waals surface area contributed by atoms with Crippen molar-refractivity contribution in [3.8, 4) is 5.75 Å². The number of amides is 1. The van der Waals surface area contributed by atoms with Crippen LogP contribution in [0.25, 0.3) is 0 Å². The number of carboxylic acids is 1. The fraction of sp³-hybridized carbons (Fsp3) is 0.214. The second-order valence-electron chi connectivity index (χ2n) is 4.38. The minimum Gasteiger partial charge on any atom is -0.497 e. The molecule has 7 nitrogen and oxygen atoms in total. The molecule has 1 atom stereocenters. The molecule has 21 heavy (non-hydrogen) atoms. The molecular weight excluding hydrogens is 274 g/mol. The molecule has 2 aromatic rings. The Morgan fingerprint density at radius 1 is 1.38 bits per heavy atom. The number of hydrogen-bond acceptors (Lipinski definition) is 4. The van der Waals surface area contributed by atoms with Crippen molar-refractivity contribution in [2.24, 2.45) is 0 Å². The van der Waals surface area contributed by atoms with E-state index in [4.69, 9.17) is 9.84 Å². The lowest BCUT2D eigenvalue weighted by Crippen LogP contribution is -2.18. The van der Waals surface area contributed by atoms with Crippen LogP contribution in [0, 0.1) is 0 Å². The summed E-state index contributed by atoms with van der Waals surface area (Å²) in [5.74, 6) is -0.810. The second-order valence-corrected chi connectivity index (χ2v) is 4.38. The zero-order valence-corrected chi connectivity index (χ0v) is 11.6. The predicted molar refractivity (Wildman–Crippen MR) is 75.5 cm³/mol. The van der Waals surface area contributed by atoms with E-state index in [-0.39, 0.29) is 5.69 Å². The lowest BCUT2D eigenvalue weighted by atomic mass is 10.3. The number of aromatic nitrogens is 2. The highest BCUT2D eigenvalue weighted by atomic mass is 16.5. The number of methoxy groups -OCH3 is 1. The maximum absolute atomic E-state index is 12.0. The molecule has 0 spiro atoms. The number of anilines is 1. The maximum atomic E-state index is 12.0. The zero-order chi connectivity index (χ0) is 15.4. The predicted octanol–water partition coefficient (Wildman–Crippen LogP) is 1.79. The topological polar surface area (TPSA) is 93.5 Å². The van der Waals surface area contributed by atoms with E-state index in [2.05, 4.69) is 10.4 Å². The van der Waals surface area contributed by atoms with Crippen LogP contribution >= 0.6 is 0 Å². The number of ether oxygens (including phenoxy) is 1. The quantitative estimate of drug-likeness (QED) is 0.875. The average molecular weight is 289 g/mol. The van der Waals surface area contributed by atoms with Crippen LogP contribution in [0.2, 0.25) is 0 Å². The number of carboxylic acid groups (broad SMARTS) is 1. The summed E-state index contributed by atoms with van der Waals surface area (Å²) in [5, 5.41) is 15.5. The molecule has 2 N–H and O–H groups in total. The number of benzene rings is 1. The molecule has 0 aliphatic carbocycles. The van der Waals surface area contributed by atoms with E-state index in [1.54, 1.807) is 24.3 Å². The van der Waals surface area contributed by atoms with Crippen LogP contribution in [0.4, 0.5) is 5.69 Å². The minimum absolute atomic E-state index is 0.144. The monoisotopic (exact) mass is 289 g/mol. The SMILES string of the molecule is COc1cccc(NC(=O)c2ccn(C(C)C(=O)O)n2)c1. The Bertz CT molecular complexity index is 666. The van der Waals surface area contributed by atoms with Crippen LogP contribution in [0.1, 0.15) is 23.5 Å². The second kappa shape index (κ2) is 6.08. The van der Waals surface area contributed by atoms with Crippen LogP contribution in [0.3, 0.4) is 0 Å². The van der Waals surface area contributed by atoms with Gasteiger partial charge in [0.1, 0.15) is 11.8 Å². The molecule has 0 fully saturated rings. The molecular formula is C14H15N3O4. The van der Waals surface area contributed by atoms with Gasteiger partial charge in [-0.05, 0) is 25.1 Å². The molecule has 0 bridgehead atoms. The van der Waals surface area contributed by atoms with E-state index in [0.717, 1.165) is 0 Å². The summed E-state index contributed by atoms with van der Waals surface area (Å²) in [6, 6.07) is 7.54. The van der Waals surface area contributed by atoms with Crippen LogP contribution in [-0.2, 0) is 4.79 Å². The number of nitrogens with one attached hydrogen (secondary N) is 1. The van der Waals surface area contributed by atoms with E-state index in [0.29, 0.717) is 11.4 Å². The summed E-state index contributed by atoms with van der Waals surface area (Å²) in [6.45, 7) is 1.49. The largest absolute Gasteiger partial charge is 0.497 e. The molecule has 2 rings (SSSR count). The highest BCUT2D eigenvalue weighted by Gasteiger charge is 2.17. The fourth-order valence-electron chi connectivity index (χ4n) is 1.68. The van der Waals surface area contributed by atoms with Gasteiger partial charge in [-0.1, -0.05) is 6.07 Å². The van der Waals surface area contributed by atoms with Gasteiger partial charge < -0.3 is 15.2 Å². The first kappa shape index (κ1) is 14.6. The Balaban J connectivity index is 2.11. The third kappa shape index (κ3) is 3.38. The third-order valence-electron chi connectivity index (χ3n) is 2.92. The highest BCUT2D eigenvalue weighted by molar-refractivity contribution is 6.02. The molecule has 110 valence electrons. The summed E-state index contributed by atoms with van der Waals surface area (Å²) in [6.07, 6.45) is 1.46. The molecule has 1 aromatic carbocycles.